The highest BCUT2D eigenvalue weighted by Crippen LogP contribution is 2.48. The molecule has 0 saturated carbocycles. The molecular formula is C20H23ClN5O8P. The number of rotatable bonds is 8. The smallest absolute Gasteiger partial charge is 0.404 e. The van der Waals surface area contributed by atoms with Gasteiger partial charge in [-0.3, -0.25) is 33.9 Å². The molecule has 4 atom stereocenters. The summed E-state index contributed by atoms with van der Waals surface area (Å²) in [6.07, 6.45) is -1.54. The van der Waals surface area contributed by atoms with Crippen molar-refractivity contribution in [1.82, 2.24) is 19.5 Å². The Bertz CT molecular complexity index is 1330. The zero-order chi connectivity index (χ0) is 25.3. The van der Waals surface area contributed by atoms with E-state index in [9.17, 15) is 24.2 Å². The maximum atomic E-state index is 12.6. The van der Waals surface area contributed by atoms with Crippen LogP contribution in [0.4, 0.5) is 5.95 Å². The van der Waals surface area contributed by atoms with Crippen molar-refractivity contribution in [2.75, 3.05) is 11.9 Å². The van der Waals surface area contributed by atoms with Crippen molar-refractivity contribution >= 4 is 42.4 Å². The summed E-state index contributed by atoms with van der Waals surface area (Å²) in [5, 5.41) is 12.7. The Labute approximate surface area is 203 Å². The lowest BCUT2D eigenvalue weighted by molar-refractivity contribution is -0.118. The van der Waals surface area contributed by atoms with E-state index in [2.05, 4.69) is 20.3 Å². The second-order valence-corrected chi connectivity index (χ2v) is 9.85. The van der Waals surface area contributed by atoms with E-state index in [0.29, 0.717) is 5.02 Å². The number of phosphoric acid groups is 1. The summed E-state index contributed by atoms with van der Waals surface area (Å²) in [6.45, 7) is 2.86. The number of amides is 1. The summed E-state index contributed by atoms with van der Waals surface area (Å²) in [7, 11) is -4.60. The van der Waals surface area contributed by atoms with Gasteiger partial charge in [0.2, 0.25) is 11.9 Å². The standard InChI is InChI=1S/C20H23ClN5O8P/c1-10(2)18(28)24-20-23-17-16(19(29)25-20)22-9-26(17)15-7-13(14(8-27)32-15)34-35(30,31)33-12-5-3-11(21)4-6-12/h3-6,9-10,13-15,27H,7-8H2,1-2H3,(H,30,31)(H2,23,24,25,28,29)/t13-,14+,15+/m0/s1. The van der Waals surface area contributed by atoms with Gasteiger partial charge in [-0.2, -0.15) is 4.98 Å². The first kappa shape index (κ1) is 25.3. The number of carbonyl (C=O) groups is 1. The summed E-state index contributed by atoms with van der Waals surface area (Å²) in [4.78, 5) is 45.4. The number of aromatic nitrogens is 4. The molecule has 1 aliphatic heterocycles. The van der Waals surface area contributed by atoms with Gasteiger partial charge in [-0.05, 0) is 24.3 Å². The van der Waals surface area contributed by atoms with Gasteiger partial charge in [0.15, 0.2) is 11.2 Å². The van der Waals surface area contributed by atoms with Gasteiger partial charge in [-0.25, -0.2) is 9.55 Å². The van der Waals surface area contributed by atoms with E-state index in [4.69, 9.17) is 25.4 Å². The van der Waals surface area contributed by atoms with Crippen LogP contribution in [0.5, 0.6) is 5.75 Å². The van der Waals surface area contributed by atoms with Crippen molar-refractivity contribution in [1.29, 1.82) is 0 Å². The molecule has 1 amide bonds. The quantitative estimate of drug-likeness (QED) is 0.317. The van der Waals surface area contributed by atoms with Crippen LogP contribution < -0.4 is 15.4 Å². The number of carbonyl (C=O) groups excluding carboxylic acids is 1. The predicted molar refractivity (Wildman–Crippen MR) is 124 cm³/mol. The molecule has 3 heterocycles. The molecule has 2 aromatic heterocycles. The minimum absolute atomic E-state index is 0.0000330. The lowest BCUT2D eigenvalue weighted by atomic mass is 10.2. The maximum Gasteiger partial charge on any atom is 0.527 e. The van der Waals surface area contributed by atoms with Crippen molar-refractivity contribution in [3.05, 3.63) is 46.0 Å². The minimum atomic E-state index is -4.60. The van der Waals surface area contributed by atoms with Crippen molar-refractivity contribution < 1.29 is 33.1 Å². The lowest BCUT2D eigenvalue weighted by Gasteiger charge is -2.20. The number of imidazole rings is 1. The summed E-state index contributed by atoms with van der Waals surface area (Å²) >= 11 is 5.81. The van der Waals surface area contributed by atoms with Crippen LogP contribution in [0.25, 0.3) is 11.2 Å². The number of nitrogens with one attached hydrogen (secondary N) is 2. The lowest BCUT2D eigenvalue weighted by Crippen LogP contribution is -2.27. The highest BCUT2D eigenvalue weighted by atomic mass is 35.5. The molecule has 1 saturated heterocycles. The molecule has 35 heavy (non-hydrogen) atoms. The second-order valence-electron chi connectivity index (χ2n) is 8.09. The van der Waals surface area contributed by atoms with Crippen LogP contribution in [-0.4, -0.2) is 54.2 Å². The van der Waals surface area contributed by atoms with E-state index < -0.39 is 38.4 Å². The third-order valence-electron chi connectivity index (χ3n) is 5.17. The molecular weight excluding hydrogens is 505 g/mol. The van der Waals surface area contributed by atoms with Gasteiger partial charge < -0.3 is 14.4 Å². The third-order valence-corrected chi connectivity index (χ3v) is 6.40. The molecule has 0 bridgehead atoms. The number of fused-ring (bicyclic) bond motifs is 1. The Balaban J connectivity index is 1.55. The molecule has 1 unspecified atom stereocenters. The average Bonchev–Trinajstić information content (AvgIpc) is 3.38. The van der Waals surface area contributed by atoms with E-state index in [1.54, 1.807) is 13.8 Å². The van der Waals surface area contributed by atoms with Gasteiger partial charge in [-0.15, -0.1) is 0 Å². The number of benzene rings is 1. The van der Waals surface area contributed by atoms with Gasteiger partial charge in [-0.1, -0.05) is 25.4 Å². The second kappa shape index (κ2) is 10.1. The van der Waals surface area contributed by atoms with E-state index >= 15 is 0 Å². The highest BCUT2D eigenvalue weighted by Gasteiger charge is 2.42. The van der Waals surface area contributed by atoms with Gasteiger partial charge in [0.25, 0.3) is 5.56 Å². The zero-order valence-electron chi connectivity index (χ0n) is 18.6. The summed E-state index contributed by atoms with van der Waals surface area (Å²) in [5.74, 6) is -0.685. The number of aliphatic hydroxyl groups excluding tert-OH is 1. The fourth-order valence-corrected chi connectivity index (χ4v) is 4.55. The average molecular weight is 528 g/mol. The van der Waals surface area contributed by atoms with Gasteiger partial charge >= 0.3 is 7.82 Å². The van der Waals surface area contributed by atoms with Crippen LogP contribution >= 0.6 is 19.4 Å². The van der Waals surface area contributed by atoms with Crippen LogP contribution in [0, 0.1) is 5.92 Å². The van der Waals surface area contributed by atoms with E-state index in [1.807, 2.05) is 0 Å². The van der Waals surface area contributed by atoms with Crippen molar-refractivity contribution in [2.24, 2.45) is 5.92 Å². The number of aliphatic hydroxyl groups is 1. The first-order valence-corrected chi connectivity index (χ1v) is 12.4. The van der Waals surface area contributed by atoms with Crippen molar-refractivity contribution in [3.8, 4) is 5.75 Å². The number of nitrogens with zero attached hydrogens (tertiary/aromatic N) is 3. The monoisotopic (exact) mass is 527 g/mol. The Morgan fingerprint density at radius 2 is 2.11 bits per heavy atom. The molecule has 3 aromatic rings. The van der Waals surface area contributed by atoms with E-state index in [0.717, 1.165) is 0 Å². The molecule has 1 fully saturated rings. The summed E-state index contributed by atoms with van der Waals surface area (Å²) in [6, 6.07) is 5.78. The van der Waals surface area contributed by atoms with Crippen LogP contribution in [0.2, 0.25) is 5.02 Å². The minimum Gasteiger partial charge on any atom is -0.404 e. The molecule has 15 heteroatoms. The number of hydrogen-bond donors (Lipinski definition) is 4. The number of hydrogen-bond acceptors (Lipinski definition) is 9. The zero-order valence-corrected chi connectivity index (χ0v) is 20.3. The van der Waals surface area contributed by atoms with Gasteiger partial charge in [0, 0.05) is 17.4 Å². The predicted octanol–water partition coefficient (Wildman–Crippen LogP) is 2.21. The fourth-order valence-electron chi connectivity index (χ4n) is 3.42. The Morgan fingerprint density at radius 3 is 2.77 bits per heavy atom. The molecule has 4 rings (SSSR count). The Kier molecular flexibility index (Phi) is 7.27. The Hall–Kier alpha value is -2.80. The Morgan fingerprint density at radius 1 is 1.40 bits per heavy atom. The maximum absolute atomic E-state index is 12.6. The molecule has 1 aliphatic rings. The van der Waals surface area contributed by atoms with Gasteiger partial charge in [0.05, 0.1) is 12.9 Å². The van der Waals surface area contributed by atoms with E-state index in [1.165, 1.54) is 35.2 Å². The number of aromatic amines is 1. The van der Waals surface area contributed by atoms with Crippen molar-refractivity contribution in [3.63, 3.8) is 0 Å². The number of phosphoric ester groups is 1. The summed E-state index contributed by atoms with van der Waals surface area (Å²) < 4.78 is 30.1. The largest absolute Gasteiger partial charge is 0.527 e. The number of ether oxygens (including phenoxy) is 1. The third kappa shape index (κ3) is 5.72. The SMILES string of the molecule is CC(C)C(=O)Nc1nc2c(ncn2[C@H]2C[C@H](OP(=O)(O)Oc3ccc(Cl)cc3)[C@@H](CO)O2)c(=O)[nH]1. The first-order chi connectivity index (χ1) is 16.6. The molecule has 0 radical (unpaired) electrons. The highest BCUT2D eigenvalue weighted by molar-refractivity contribution is 7.47. The first-order valence-electron chi connectivity index (χ1n) is 10.6. The van der Waals surface area contributed by atoms with Gasteiger partial charge in [0.1, 0.15) is 24.2 Å². The molecule has 13 nitrogen and oxygen atoms in total. The fraction of sp³-hybridized carbons (Fsp3) is 0.400. The van der Waals surface area contributed by atoms with Crippen LogP contribution in [0.15, 0.2) is 35.4 Å². The summed E-state index contributed by atoms with van der Waals surface area (Å²) in [5.41, 5.74) is -0.465. The number of H-pyrrole nitrogens is 1. The van der Waals surface area contributed by atoms with Crippen LogP contribution in [0.3, 0.4) is 0 Å². The molecule has 1 aromatic carbocycles. The van der Waals surface area contributed by atoms with Crippen LogP contribution in [0.1, 0.15) is 26.5 Å². The number of anilines is 1. The van der Waals surface area contributed by atoms with Crippen LogP contribution in [-0.2, 0) is 18.6 Å². The van der Waals surface area contributed by atoms with Crippen molar-refractivity contribution in [2.45, 2.75) is 38.7 Å². The normalized spacial score (nSPS) is 21.8. The molecule has 188 valence electrons. The molecule has 4 N–H and O–H groups in total. The topological polar surface area (TPSA) is 178 Å². The number of halogens is 1. The van der Waals surface area contributed by atoms with E-state index in [-0.39, 0.29) is 41.1 Å². The molecule has 0 aliphatic carbocycles. The molecule has 0 spiro atoms.